The normalized spacial score (nSPS) is 10.5. The van der Waals surface area contributed by atoms with Crippen molar-refractivity contribution in [3.8, 4) is 17.1 Å². The molecule has 0 unspecified atom stereocenters. The highest BCUT2D eigenvalue weighted by Gasteiger charge is 2.18. The van der Waals surface area contributed by atoms with E-state index >= 15 is 0 Å². The molecule has 0 saturated carbocycles. The van der Waals surface area contributed by atoms with Gasteiger partial charge < -0.3 is 10.4 Å². The first-order valence-electron chi connectivity index (χ1n) is 8.09. The number of pyridine rings is 1. The summed E-state index contributed by atoms with van der Waals surface area (Å²) in [7, 11) is 0. The molecule has 132 valence electrons. The molecule has 3 heterocycles. The van der Waals surface area contributed by atoms with Crippen molar-refractivity contribution in [2.75, 3.05) is 5.32 Å². The Hall–Kier alpha value is -4.07. The zero-order valence-corrected chi connectivity index (χ0v) is 14.0. The predicted molar refractivity (Wildman–Crippen MR) is 99.1 cm³/mol. The van der Waals surface area contributed by atoms with Crippen molar-refractivity contribution >= 4 is 17.6 Å². The van der Waals surface area contributed by atoms with Crippen LogP contribution >= 0.6 is 0 Å². The second-order valence-corrected chi connectivity index (χ2v) is 5.59. The SMILES string of the molecule is O=C(O)c1cnn(-c2ccccc2)c1Nc1cncc(-c2ccccn2)n1. The van der Waals surface area contributed by atoms with Gasteiger partial charge in [-0.2, -0.15) is 5.10 Å². The van der Waals surface area contributed by atoms with Gasteiger partial charge in [0.2, 0.25) is 0 Å². The average molecular weight is 358 g/mol. The van der Waals surface area contributed by atoms with Crippen molar-refractivity contribution in [1.29, 1.82) is 0 Å². The minimum Gasteiger partial charge on any atom is -0.477 e. The van der Waals surface area contributed by atoms with Gasteiger partial charge in [-0.05, 0) is 24.3 Å². The van der Waals surface area contributed by atoms with E-state index in [4.69, 9.17) is 0 Å². The third kappa shape index (κ3) is 3.36. The molecule has 0 aliphatic heterocycles. The molecule has 2 N–H and O–H groups in total. The second kappa shape index (κ2) is 7.04. The molecule has 0 bridgehead atoms. The molecule has 4 rings (SSSR count). The third-order valence-corrected chi connectivity index (χ3v) is 3.81. The molecule has 1 aromatic carbocycles. The minimum atomic E-state index is -1.09. The number of aromatic nitrogens is 5. The number of para-hydroxylation sites is 1. The van der Waals surface area contributed by atoms with Crippen LogP contribution in [0.1, 0.15) is 10.4 Å². The average Bonchev–Trinajstić information content (AvgIpc) is 3.13. The van der Waals surface area contributed by atoms with Crippen LogP contribution in [0.25, 0.3) is 17.1 Å². The summed E-state index contributed by atoms with van der Waals surface area (Å²) >= 11 is 0. The summed E-state index contributed by atoms with van der Waals surface area (Å²) in [5, 5.41) is 16.7. The summed E-state index contributed by atoms with van der Waals surface area (Å²) < 4.78 is 1.51. The lowest BCUT2D eigenvalue weighted by molar-refractivity contribution is 0.0698. The summed E-state index contributed by atoms with van der Waals surface area (Å²) in [5.41, 5.74) is 2.00. The molecule has 8 heteroatoms. The van der Waals surface area contributed by atoms with Crippen LogP contribution in [0.15, 0.2) is 73.3 Å². The molecule has 3 aromatic heterocycles. The smallest absolute Gasteiger partial charge is 0.341 e. The Morgan fingerprint density at radius 3 is 2.52 bits per heavy atom. The van der Waals surface area contributed by atoms with E-state index in [1.54, 1.807) is 12.4 Å². The van der Waals surface area contributed by atoms with Crippen LogP contribution in [0.4, 0.5) is 11.6 Å². The van der Waals surface area contributed by atoms with E-state index in [-0.39, 0.29) is 5.56 Å². The maximum absolute atomic E-state index is 11.6. The summed E-state index contributed by atoms with van der Waals surface area (Å²) in [6, 6.07) is 14.7. The van der Waals surface area contributed by atoms with Crippen molar-refractivity contribution in [2.24, 2.45) is 0 Å². The van der Waals surface area contributed by atoms with Crippen molar-refractivity contribution in [3.63, 3.8) is 0 Å². The molecule has 8 nitrogen and oxygen atoms in total. The van der Waals surface area contributed by atoms with Gasteiger partial charge in [-0.1, -0.05) is 24.3 Å². The fourth-order valence-corrected chi connectivity index (χ4v) is 2.58. The highest BCUT2D eigenvalue weighted by molar-refractivity contribution is 5.94. The number of anilines is 2. The molecule has 27 heavy (non-hydrogen) atoms. The number of benzene rings is 1. The number of rotatable bonds is 5. The van der Waals surface area contributed by atoms with E-state index in [1.807, 2.05) is 48.5 Å². The van der Waals surface area contributed by atoms with Crippen LogP contribution in [0.3, 0.4) is 0 Å². The molecular formula is C19H14N6O2. The maximum atomic E-state index is 11.6. The van der Waals surface area contributed by atoms with Gasteiger partial charge in [-0.25, -0.2) is 14.5 Å². The molecular weight excluding hydrogens is 344 g/mol. The summed E-state index contributed by atoms with van der Waals surface area (Å²) in [4.78, 5) is 24.5. The van der Waals surface area contributed by atoms with Gasteiger partial charge >= 0.3 is 5.97 Å². The number of carboxylic acid groups (broad SMARTS) is 1. The van der Waals surface area contributed by atoms with Gasteiger partial charge in [-0.3, -0.25) is 9.97 Å². The Balaban J connectivity index is 1.75. The zero-order chi connectivity index (χ0) is 18.6. The van der Waals surface area contributed by atoms with E-state index in [2.05, 4.69) is 25.4 Å². The summed E-state index contributed by atoms with van der Waals surface area (Å²) in [6.07, 6.45) is 6.08. The first-order valence-corrected chi connectivity index (χ1v) is 8.09. The van der Waals surface area contributed by atoms with E-state index in [0.717, 1.165) is 5.69 Å². The number of nitrogens with zero attached hydrogens (tertiary/aromatic N) is 5. The fourth-order valence-electron chi connectivity index (χ4n) is 2.58. The number of nitrogens with one attached hydrogen (secondary N) is 1. The Kier molecular flexibility index (Phi) is 4.28. The fraction of sp³-hybridized carbons (Fsp3) is 0. The van der Waals surface area contributed by atoms with Gasteiger partial charge in [0.1, 0.15) is 17.1 Å². The molecule has 0 fully saturated rings. The number of aromatic carboxylic acids is 1. The van der Waals surface area contributed by atoms with Crippen molar-refractivity contribution in [1.82, 2.24) is 24.7 Å². The molecule has 0 spiro atoms. The zero-order valence-electron chi connectivity index (χ0n) is 14.0. The standard InChI is InChI=1S/C19H14N6O2/c26-19(27)14-10-22-25(13-6-2-1-3-7-13)18(14)24-17-12-20-11-16(23-17)15-8-4-5-9-21-15/h1-12H,(H,23,24)(H,26,27). The molecule has 0 aliphatic rings. The number of carboxylic acids is 1. The second-order valence-electron chi connectivity index (χ2n) is 5.59. The third-order valence-electron chi connectivity index (χ3n) is 3.81. The molecule has 0 aliphatic carbocycles. The van der Waals surface area contributed by atoms with Crippen molar-refractivity contribution < 1.29 is 9.90 Å². The molecule has 0 amide bonds. The van der Waals surface area contributed by atoms with Gasteiger partial charge in [0.25, 0.3) is 0 Å². The van der Waals surface area contributed by atoms with Crippen molar-refractivity contribution in [3.05, 3.63) is 78.9 Å². The van der Waals surface area contributed by atoms with Crippen LogP contribution in [0.2, 0.25) is 0 Å². The van der Waals surface area contributed by atoms with E-state index < -0.39 is 5.97 Å². The maximum Gasteiger partial charge on any atom is 0.341 e. The van der Waals surface area contributed by atoms with Gasteiger partial charge in [-0.15, -0.1) is 0 Å². The van der Waals surface area contributed by atoms with Crippen LogP contribution in [-0.2, 0) is 0 Å². The van der Waals surface area contributed by atoms with E-state index in [9.17, 15) is 9.90 Å². The quantitative estimate of drug-likeness (QED) is 0.564. The first-order chi connectivity index (χ1) is 13.2. The molecule has 0 saturated heterocycles. The Labute approximate surface area is 154 Å². The largest absolute Gasteiger partial charge is 0.477 e. The minimum absolute atomic E-state index is 0.0314. The Morgan fingerprint density at radius 2 is 1.78 bits per heavy atom. The lowest BCUT2D eigenvalue weighted by Crippen LogP contribution is -2.08. The Morgan fingerprint density at radius 1 is 0.963 bits per heavy atom. The van der Waals surface area contributed by atoms with Crippen LogP contribution in [0, 0.1) is 0 Å². The van der Waals surface area contributed by atoms with E-state index in [0.29, 0.717) is 23.0 Å². The predicted octanol–water partition coefficient (Wildman–Crippen LogP) is 3.17. The van der Waals surface area contributed by atoms with Crippen LogP contribution in [-0.4, -0.2) is 35.8 Å². The highest BCUT2D eigenvalue weighted by atomic mass is 16.4. The number of carbonyl (C=O) groups is 1. The molecule has 4 aromatic rings. The van der Waals surface area contributed by atoms with Gasteiger partial charge in [0, 0.05) is 6.20 Å². The first kappa shape index (κ1) is 16.4. The lowest BCUT2D eigenvalue weighted by atomic mass is 10.3. The topological polar surface area (TPSA) is 106 Å². The summed E-state index contributed by atoms with van der Waals surface area (Å²) in [6.45, 7) is 0. The number of hydrogen-bond donors (Lipinski definition) is 2. The Bertz CT molecular complexity index is 1080. The van der Waals surface area contributed by atoms with Crippen molar-refractivity contribution in [2.45, 2.75) is 0 Å². The summed E-state index contributed by atoms with van der Waals surface area (Å²) in [5.74, 6) is -0.409. The monoisotopic (exact) mass is 358 g/mol. The molecule has 0 atom stereocenters. The lowest BCUT2D eigenvalue weighted by Gasteiger charge is -2.11. The van der Waals surface area contributed by atoms with Gasteiger partial charge in [0.05, 0.1) is 30.0 Å². The highest BCUT2D eigenvalue weighted by Crippen LogP contribution is 2.24. The number of hydrogen-bond acceptors (Lipinski definition) is 6. The van der Waals surface area contributed by atoms with E-state index in [1.165, 1.54) is 17.1 Å². The van der Waals surface area contributed by atoms with Gasteiger partial charge in [0.15, 0.2) is 5.82 Å². The van der Waals surface area contributed by atoms with Crippen LogP contribution < -0.4 is 5.32 Å². The van der Waals surface area contributed by atoms with Crippen LogP contribution in [0.5, 0.6) is 0 Å². The molecule has 0 radical (unpaired) electrons.